The molecule has 1 fully saturated rings. The Morgan fingerprint density at radius 1 is 1.08 bits per heavy atom. The molecule has 0 aromatic heterocycles. The van der Waals surface area contributed by atoms with Crippen LogP contribution < -0.4 is 10.4 Å². The molecule has 1 spiro atoms. The number of benzene rings is 2. The van der Waals surface area contributed by atoms with Crippen molar-refractivity contribution in [1.82, 2.24) is 5.48 Å². The molecule has 4 rings (SSSR count). The second-order valence-corrected chi connectivity index (χ2v) is 7.11. The number of rotatable bonds is 2. The van der Waals surface area contributed by atoms with E-state index in [1.54, 1.807) is 11.5 Å². The predicted molar refractivity (Wildman–Crippen MR) is 93.4 cm³/mol. The molecule has 4 nitrogen and oxygen atoms in total. The molecule has 0 radical (unpaired) electrons. The van der Waals surface area contributed by atoms with Crippen LogP contribution in [-0.2, 0) is 12.8 Å². The van der Waals surface area contributed by atoms with Gasteiger partial charge in [-0.2, -0.15) is 0 Å². The monoisotopic (exact) mass is 322 g/mol. The molecule has 0 bridgehead atoms. The topological polar surface area (TPSA) is 52.6 Å². The van der Waals surface area contributed by atoms with Gasteiger partial charge in [-0.1, -0.05) is 24.3 Å². The van der Waals surface area contributed by atoms with E-state index in [-0.39, 0.29) is 0 Å². The molecule has 1 saturated heterocycles. The van der Waals surface area contributed by atoms with Gasteiger partial charge in [-0.15, -0.1) is 0 Å². The highest BCUT2D eigenvalue weighted by Crippen LogP contribution is 2.44. The first-order valence-corrected chi connectivity index (χ1v) is 8.55. The highest BCUT2D eigenvalue weighted by Gasteiger charge is 2.40. The fourth-order valence-electron chi connectivity index (χ4n) is 4.28. The van der Waals surface area contributed by atoms with Gasteiger partial charge in [-0.05, 0) is 66.5 Å². The summed E-state index contributed by atoms with van der Waals surface area (Å²) in [7, 11) is 0. The molecule has 2 N–H and O–H groups in total. The van der Waals surface area contributed by atoms with E-state index in [0.717, 1.165) is 25.9 Å². The van der Waals surface area contributed by atoms with Crippen molar-refractivity contribution in [2.75, 3.05) is 18.0 Å². The maximum absolute atomic E-state index is 11.7. The van der Waals surface area contributed by atoms with Gasteiger partial charge < -0.3 is 4.90 Å². The number of nitrogens with zero attached hydrogens (tertiary/aromatic N) is 1. The first-order valence-electron chi connectivity index (χ1n) is 8.55. The summed E-state index contributed by atoms with van der Waals surface area (Å²) >= 11 is 0. The summed E-state index contributed by atoms with van der Waals surface area (Å²) in [6.07, 6.45) is 4.48. The van der Waals surface area contributed by atoms with Crippen LogP contribution in [0.15, 0.2) is 48.5 Å². The van der Waals surface area contributed by atoms with Gasteiger partial charge in [-0.25, -0.2) is 5.48 Å². The third kappa shape index (κ3) is 2.67. The molecule has 1 amide bonds. The number of nitrogens with one attached hydrogen (secondary N) is 1. The summed E-state index contributed by atoms with van der Waals surface area (Å²) < 4.78 is 0. The van der Waals surface area contributed by atoms with E-state index in [1.807, 2.05) is 12.1 Å². The summed E-state index contributed by atoms with van der Waals surface area (Å²) in [4.78, 5) is 14.2. The van der Waals surface area contributed by atoms with Crippen molar-refractivity contribution in [2.45, 2.75) is 25.7 Å². The van der Waals surface area contributed by atoms with E-state index < -0.39 is 5.91 Å². The normalized spacial score (nSPS) is 22.5. The number of amides is 1. The van der Waals surface area contributed by atoms with Crippen molar-refractivity contribution in [1.29, 1.82) is 0 Å². The van der Waals surface area contributed by atoms with Crippen LogP contribution in [0.4, 0.5) is 5.69 Å². The second kappa shape index (κ2) is 5.95. The highest BCUT2D eigenvalue weighted by atomic mass is 16.5. The maximum atomic E-state index is 11.7. The lowest BCUT2D eigenvalue weighted by Gasteiger charge is -2.35. The van der Waals surface area contributed by atoms with E-state index in [0.29, 0.717) is 11.0 Å². The number of hydrogen-bond acceptors (Lipinski definition) is 3. The number of carbonyl (C=O) groups is 1. The van der Waals surface area contributed by atoms with Gasteiger partial charge in [0.05, 0.1) is 0 Å². The van der Waals surface area contributed by atoms with Crippen molar-refractivity contribution in [3.63, 3.8) is 0 Å². The number of anilines is 1. The van der Waals surface area contributed by atoms with E-state index >= 15 is 0 Å². The molecular weight excluding hydrogens is 300 g/mol. The molecule has 0 saturated carbocycles. The zero-order chi connectivity index (χ0) is 16.6. The van der Waals surface area contributed by atoms with Gasteiger partial charge in [0, 0.05) is 24.3 Å². The molecule has 24 heavy (non-hydrogen) atoms. The highest BCUT2D eigenvalue weighted by molar-refractivity contribution is 5.93. The van der Waals surface area contributed by atoms with Gasteiger partial charge in [0.15, 0.2) is 0 Å². The average Bonchev–Trinajstić information content (AvgIpc) is 3.04. The second-order valence-electron chi connectivity index (χ2n) is 7.11. The molecule has 0 unspecified atom stereocenters. The molecular formula is C20H22N2O2. The van der Waals surface area contributed by atoms with E-state index in [1.165, 1.54) is 29.7 Å². The smallest absolute Gasteiger partial charge is 0.274 e. The molecule has 1 aliphatic heterocycles. The maximum Gasteiger partial charge on any atom is 0.274 e. The Hall–Kier alpha value is -2.33. The standard InChI is InChI=1S/C20H22N2O2/c23-19(21-24)16-7-6-15-8-9-20(13-17(15)12-16)10-11-22(14-20)18-4-2-1-3-5-18/h1-7,12,24H,8-11,13-14H2,(H,21,23)/t20-/m0/s1. The van der Waals surface area contributed by atoms with Crippen molar-refractivity contribution < 1.29 is 10.0 Å². The Balaban J connectivity index is 1.56. The van der Waals surface area contributed by atoms with Crippen LogP contribution in [0.25, 0.3) is 0 Å². The van der Waals surface area contributed by atoms with Crippen molar-refractivity contribution in [2.24, 2.45) is 5.41 Å². The van der Waals surface area contributed by atoms with Gasteiger partial charge in [0.1, 0.15) is 0 Å². The van der Waals surface area contributed by atoms with E-state index in [4.69, 9.17) is 5.21 Å². The van der Waals surface area contributed by atoms with Crippen molar-refractivity contribution in [3.05, 3.63) is 65.2 Å². The Kier molecular flexibility index (Phi) is 3.77. The van der Waals surface area contributed by atoms with Crippen LogP contribution in [0.3, 0.4) is 0 Å². The van der Waals surface area contributed by atoms with Gasteiger partial charge in [0.25, 0.3) is 5.91 Å². The van der Waals surface area contributed by atoms with E-state index in [9.17, 15) is 4.79 Å². The summed E-state index contributed by atoms with van der Waals surface area (Å²) in [5.74, 6) is -0.435. The van der Waals surface area contributed by atoms with Crippen molar-refractivity contribution in [3.8, 4) is 0 Å². The number of fused-ring (bicyclic) bond motifs is 1. The average molecular weight is 322 g/mol. The summed E-state index contributed by atoms with van der Waals surface area (Å²) in [5.41, 5.74) is 6.47. The molecule has 2 aromatic rings. The Bertz CT molecular complexity index is 759. The fourth-order valence-corrected chi connectivity index (χ4v) is 4.28. The van der Waals surface area contributed by atoms with E-state index in [2.05, 4.69) is 35.2 Å². The Morgan fingerprint density at radius 2 is 1.92 bits per heavy atom. The molecule has 1 aliphatic carbocycles. The van der Waals surface area contributed by atoms with Crippen LogP contribution in [0.5, 0.6) is 0 Å². The Labute approximate surface area is 142 Å². The van der Waals surface area contributed by atoms with Crippen LogP contribution in [0.2, 0.25) is 0 Å². The summed E-state index contributed by atoms with van der Waals surface area (Å²) in [6, 6.07) is 16.4. The fraction of sp³-hybridized carbons (Fsp3) is 0.350. The van der Waals surface area contributed by atoms with Crippen molar-refractivity contribution >= 4 is 11.6 Å². The zero-order valence-electron chi connectivity index (χ0n) is 13.7. The quantitative estimate of drug-likeness (QED) is 0.659. The Morgan fingerprint density at radius 3 is 2.71 bits per heavy atom. The third-order valence-corrected chi connectivity index (χ3v) is 5.62. The minimum Gasteiger partial charge on any atom is -0.371 e. The van der Waals surface area contributed by atoms with Crippen LogP contribution in [0.1, 0.15) is 34.3 Å². The largest absolute Gasteiger partial charge is 0.371 e. The number of hydrogen-bond donors (Lipinski definition) is 2. The molecule has 1 heterocycles. The first-order chi connectivity index (χ1) is 11.7. The number of para-hydroxylation sites is 1. The lowest BCUT2D eigenvalue weighted by Crippen LogP contribution is -2.33. The predicted octanol–water partition coefficient (Wildman–Crippen LogP) is 3.19. The number of hydroxylamine groups is 1. The molecule has 4 heteroatoms. The summed E-state index contributed by atoms with van der Waals surface area (Å²) in [5, 5.41) is 8.85. The molecule has 2 aromatic carbocycles. The van der Waals surface area contributed by atoms with Gasteiger partial charge in [-0.3, -0.25) is 10.0 Å². The lowest BCUT2D eigenvalue weighted by atomic mass is 9.71. The third-order valence-electron chi connectivity index (χ3n) is 5.62. The lowest BCUT2D eigenvalue weighted by molar-refractivity contribution is 0.0706. The van der Waals surface area contributed by atoms with Crippen LogP contribution in [0, 0.1) is 5.41 Å². The molecule has 124 valence electrons. The van der Waals surface area contributed by atoms with Crippen LogP contribution >= 0.6 is 0 Å². The van der Waals surface area contributed by atoms with Gasteiger partial charge in [0.2, 0.25) is 0 Å². The van der Waals surface area contributed by atoms with Crippen LogP contribution in [-0.4, -0.2) is 24.2 Å². The summed E-state index contributed by atoms with van der Waals surface area (Å²) in [6.45, 7) is 2.17. The molecule has 1 atom stereocenters. The van der Waals surface area contributed by atoms with Gasteiger partial charge >= 0.3 is 0 Å². The SMILES string of the molecule is O=C(NO)c1ccc2c(c1)C[C@]1(CC2)CCN(c2ccccc2)C1. The first kappa shape index (κ1) is 15.2. The number of aryl methyl sites for hydroxylation is 1. The minimum atomic E-state index is -0.435. The molecule has 2 aliphatic rings. The number of carbonyl (C=O) groups excluding carboxylic acids is 1. The zero-order valence-corrected chi connectivity index (χ0v) is 13.7. The minimum absolute atomic E-state index is 0.303.